The number of carbonyl (C=O) groups excluding carboxylic acids is 1. The second kappa shape index (κ2) is 8.13. The Kier molecular flexibility index (Phi) is 5.92. The number of carbonyl (C=O) groups is 1. The summed E-state index contributed by atoms with van der Waals surface area (Å²) in [6, 6.07) is 8.33. The predicted octanol–water partition coefficient (Wildman–Crippen LogP) is 2.60. The molecule has 1 aromatic carbocycles. The summed E-state index contributed by atoms with van der Waals surface area (Å²) in [7, 11) is 0. The zero-order chi connectivity index (χ0) is 16.1. The monoisotopic (exact) mass is 336 g/mol. The molecule has 1 aromatic rings. The van der Waals surface area contributed by atoms with Gasteiger partial charge in [-0.05, 0) is 37.0 Å². The predicted molar refractivity (Wildman–Crippen MR) is 91.8 cm³/mol. The van der Waals surface area contributed by atoms with Crippen LogP contribution in [0.25, 0.3) is 0 Å². The molecule has 2 saturated heterocycles. The molecule has 1 amide bonds. The van der Waals surface area contributed by atoms with Crippen LogP contribution in [0.2, 0.25) is 5.02 Å². The lowest BCUT2D eigenvalue weighted by Gasteiger charge is -2.26. The van der Waals surface area contributed by atoms with Crippen molar-refractivity contribution >= 4 is 17.5 Å². The molecule has 0 aromatic heterocycles. The summed E-state index contributed by atoms with van der Waals surface area (Å²) in [5.41, 5.74) is 1.13. The number of halogens is 1. The van der Waals surface area contributed by atoms with Crippen molar-refractivity contribution in [3.05, 3.63) is 34.9 Å². The van der Waals surface area contributed by atoms with Crippen LogP contribution in [0.5, 0.6) is 0 Å². The Morgan fingerprint density at radius 1 is 1.26 bits per heavy atom. The van der Waals surface area contributed by atoms with Crippen molar-refractivity contribution in [1.82, 2.24) is 9.80 Å². The number of aryl methyl sites for hydroxylation is 1. The highest BCUT2D eigenvalue weighted by molar-refractivity contribution is 6.30. The van der Waals surface area contributed by atoms with Crippen LogP contribution in [0.1, 0.15) is 24.8 Å². The molecule has 0 spiro atoms. The quantitative estimate of drug-likeness (QED) is 0.847. The smallest absolute Gasteiger partial charge is 0.222 e. The van der Waals surface area contributed by atoms with E-state index in [1.54, 1.807) is 0 Å². The van der Waals surface area contributed by atoms with Gasteiger partial charge in [0.05, 0.1) is 6.61 Å². The molecule has 3 rings (SSSR count). The van der Waals surface area contributed by atoms with E-state index in [9.17, 15) is 4.79 Å². The number of hydrogen-bond donors (Lipinski definition) is 0. The van der Waals surface area contributed by atoms with Gasteiger partial charge in [0, 0.05) is 50.3 Å². The standard InChI is InChI=1S/C18H25ClN2O2/c19-16-4-1-3-15(13-16)5-6-18(22)21-9-2-8-20(10-11-21)17-7-12-23-14-17/h1,3-4,13,17H,2,5-12,14H2. The van der Waals surface area contributed by atoms with Crippen molar-refractivity contribution < 1.29 is 9.53 Å². The molecule has 0 saturated carbocycles. The zero-order valence-corrected chi connectivity index (χ0v) is 14.3. The first-order valence-corrected chi connectivity index (χ1v) is 8.94. The fraction of sp³-hybridized carbons (Fsp3) is 0.611. The van der Waals surface area contributed by atoms with E-state index in [1.807, 2.05) is 29.2 Å². The molecule has 23 heavy (non-hydrogen) atoms. The Labute approximate surface area is 143 Å². The molecule has 2 aliphatic heterocycles. The molecule has 0 radical (unpaired) electrons. The van der Waals surface area contributed by atoms with E-state index in [0.29, 0.717) is 12.5 Å². The van der Waals surface area contributed by atoms with Gasteiger partial charge in [0.2, 0.25) is 5.91 Å². The molecule has 1 atom stereocenters. The number of ether oxygens (including phenoxy) is 1. The van der Waals surface area contributed by atoms with Gasteiger partial charge in [-0.1, -0.05) is 23.7 Å². The van der Waals surface area contributed by atoms with Crippen molar-refractivity contribution in [2.24, 2.45) is 0 Å². The number of benzene rings is 1. The summed E-state index contributed by atoms with van der Waals surface area (Å²) in [4.78, 5) is 17.0. The first kappa shape index (κ1) is 16.7. The molecule has 2 fully saturated rings. The maximum Gasteiger partial charge on any atom is 0.222 e. The lowest BCUT2D eigenvalue weighted by atomic mass is 10.1. The van der Waals surface area contributed by atoms with Crippen LogP contribution in [0.3, 0.4) is 0 Å². The lowest BCUT2D eigenvalue weighted by Crippen LogP contribution is -2.39. The van der Waals surface area contributed by atoms with Gasteiger partial charge in [-0.2, -0.15) is 0 Å². The Morgan fingerprint density at radius 2 is 2.17 bits per heavy atom. The first-order valence-electron chi connectivity index (χ1n) is 8.56. The van der Waals surface area contributed by atoms with Crippen molar-refractivity contribution in [2.45, 2.75) is 31.7 Å². The van der Waals surface area contributed by atoms with Crippen LogP contribution < -0.4 is 0 Å². The van der Waals surface area contributed by atoms with Crippen LogP contribution >= 0.6 is 11.6 Å². The Morgan fingerprint density at radius 3 is 2.96 bits per heavy atom. The molecule has 126 valence electrons. The fourth-order valence-electron chi connectivity index (χ4n) is 3.46. The van der Waals surface area contributed by atoms with Gasteiger partial charge < -0.3 is 9.64 Å². The van der Waals surface area contributed by atoms with E-state index >= 15 is 0 Å². The van der Waals surface area contributed by atoms with Crippen molar-refractivity contribution in [1.29, 1.82) is 0 Å². The van der Waals surface area contributed by atoms with Gasteiger partial charge in [0.1, 0.15) is 0 Å². The normalized spacial score (nSPS) is 23.0. The molecule has 0 aliphatic carbocycles. The van der Waals surface area contributed by atoms with E-state index in [0.717, 1.165) is 69.2 Å². The highest BCUT2D eigenvalue weighted by atomic mass is 35.5. The van der Waals surface area contributed by atoms with Crippen LogP contribution in [0.15, 0.2) is 24.3 Å². The number of amides is 1. The summed E-state index contributed by atoms with van der Waals surface area (Å²) in [5.74, 6) is 0.259. The highest BCUT2D eigenvalue weighted by Crippen LogP contribution is 2.16. The number of nitrogens with zero attached hydrogens (tertiary/aromatic N) is 2. The third-order valence-corrected chi connectivity index (χ3v) is 5.06. The van der Waals surface area contributed by atoms with Gasteiger partial charge >= 0.3 is 0 Å². The average molecular weight is 337 g/mol. The van der Waals surface area contributed by atoms with E-state index in [1.165, 1.54) is 0 Å². The van der Waals surface area contributed by atoms with Crippen molar-refractivity contribution in [2.75, 3.05) is 39.4 Å². The van der Waals surface area contributed by atoms with Gasteiger partial charge in [-0.25, -0.2) is 0 Å². The Bertz CT molecular complexity index is 532. The second-order valence-electron chi connectivity index (χ2n) is 6.42. The molecular weight excluding hydrogens is 312 g/mol. The average Bonchev–Trinajstić information content (AvgIpc) is 2.97. The molecule has 1 unspecified atom stereocenters. The summed E-state index contributed by atoms with van der Waals surface area (Å²) in [5, 5.41) is 0.735. The van der Waals surface area contributed by atoms with Crippen molar-refractivity contribution in [3.8, 4) is 0 Å². The summed E-state index contributed by atoms with van der Waals surface area (Å²) < 4.78 is 5.49. The fourth-order valence-corrected chi connectivity index (χ4v) is 3.68. The van der Waals surface area contributed by atoms with Crippen LogP contribution in [0.4, 0.5) is 0 Å². The van der Waals surface area contributed by atoms with Crippen LogP contribution in [-0.2, 0) is 16.0 Å². The number of rotatable bonds is 4. The van der Waals surface area contributed by atoms with Gasteiger partial charge in [0.15, 0.2) is 0 Å². The molecule has 2 aliphatic rings. The topological polar surface area (TPSA) is 32.8 Å². The zero-order valence-electron chi connectivity index (χ0n) is 13.5. The third-order valence-electron chi connectivity index (χ3n) is 4.82. The minimum absolute atomic E-state index is 0.259. The summed E-state index contributed by atoms with van der Waals surface area (Å²) >= 11 is 6.00. The Balaban J connectivity index is 1.47. The minimum Gasteiger partial charge on any atom is -0.380 e. The second-order valence-corrected chi connectivity index (χ2v) is 6.85. The Hall–Kier alpha value is -1.10. The van der Waals surface area contributed by atoms with E-state index in [-0.39, 0.29) is 5.91 Å². The molecule has 4 nitrogen and oxygen atoms in total. The van der Waals surface area contributed by atoms with E-state index in [4.69, 9.17) is 16.3 Å². The minimum atomic E-state index is 0.259. The molecule has 0 N–H and O–H groups in total. The highest BCUT2D eigenvalue weighted by Gasteiger charge is 2.26. The lowest BCUT2D eigenvalue weighted by molar-refractivity contribution is -0.131. The largest absolute Gasteiger partial charge is 0.380 e. The third kappa shape index (κ3) is 4.69. The maximum absolute atomic E-state index is 12.5. The molecule has 5 heteroatoms. The maximum atomic E-state index is 12.5. The van der Waals surface area contributed by atoms with E-state index < -0.39 is 0 Å². The van der Waals surface area contributed by atoms with Crippen molar-refractivity contribution in [3.63, 3.8) is 0 Å². The first-order chi connectivity index (χ1) is 11.2. The van der Waals surface area contributed by atoms with Crippen LogP contribution in [-0.4, -0.2) is 61.1 Å². The van der Waals surface area contributed by atoms with E-state index in [2.05, 4.69) is 4.90 Å². The SMILES string of the molecule is O=C(CCc1cccc(Cl)c1)N1CCCN(C2CCOC2)CC1. The van der Waals surface area contributed by atoms with Gasteiger partial charge in [0.25, 0.3) is 0 Å². The molecule has 0 bridgehead atoms. The number of hydrogen-bond acceptors (Lipinski definition) is 3. The summed E-state index contributed by atoms with van der Waals surface area (Å²) in [6.45, 7) is 5.48. The van der Waals surface area contributed by atoms with Crippen LogP contribution in [0, 0.1) is 0 Å². The molecule has 2 heterocycles. The van der Waals surface area contributed by atoms with Gasteiger partial charge in [-0.3, -0.25) is 9.69 Å². The molecular formula is C18H25ClN2O2. The summed E-state index contributed by atoms with van der Waals surface area (Å²) in [6.07, 6.45) is 3.51. The van der Waals surface area contributed by atoms with Gasteiger partial charge in [-0.15, -0.1) is 0 Å².